The van der Waals surface area contributed by atoms with Crippen molar-refractivity contribution in [2.75, 3.05) is 11.9 Å². The average molecular weight is 382 g/mol. The van der Waals surface area contributed by atoms with E-state index in [0.717, 1.165) is 22.3 Å². The van der Waals surface area contributed by atoms with Gasteiger partial charge in [0.1, 0.15) is 0 Å². The number of aromatic nitrogens is 3. The van der Waals surface area contributed by atoms with Crippen molar-refractivity contribution in [3.63, 3.8) is 0 Å². The van der Waals surface area contributed by atoms with Gasteiger partial charge in [0.15, 0.2) is 0 Å². The van der Waals surface area contributed by atoms with Crippen molar-refractivity contribution in [3.8, 4) is 12.3 Å². The molecule has 2 aromatic carbocycles. The lowest BCUT2D eigenvalue weighted by Crippen LogP contribution is -2.24. The van der Waals surface area contributed by atoms with Gasteiger partial charge in [-0.25, -0.2) is 4.68 Å². The number of para-hydroxylation sites is 1. The standard InChI is InChI=1S/C22H18N6O/c1-2-11-23-22(29)18-7-3-4-8-19(18)25-16-9-10-17-20(14-16)26-27-21(17)15-24-28-12-5-6-13-28/h1,3-10,12-15,25H,11H2,(H,23,29)(H,26,27)/b24-15+. The van der Waals surface area contributed by atoms with Crippen molar-refractivity contribution in [1.29, 1.82) is 0 Å². The predicted octanol–water partition coefficient (Wildman–Crippen LogP) is 3.35. The summed E-state index contributed by atoms with van der Waals surface area (Å²) < 4.78 is 1.71. The van der Waals surface area contributed by atoms with Gasteiger partial charge in [-0.05, 0) is 42.5 Å². The molecule has 0 fully saturated rings. The lowest BCUT2D eigenvalue weighted by atomic mass is 10.1. The number of nitrogens with one attached hydrogen (secondary N) is 3. The molecule has 0 aliphatic heterocycles. The molecule has 0 aliphatic carbocycles. The van der Waals surface area contributed by atoms with Gasteiger partial charge >= 0.3 is 0 Å². The first-order valence-corrected chi connectivity index (χ1v) is 8.98. The van der Waals surface area contributed by atoms with Gasteiger partial charge in [-0.15, -0.1) is 6.42 Å². The van der Waals surface area contributed by atoms with Crippen LogP contribution in [0, 0.1) is 12.3 Å². The highest BCUT2D eigenvalue weighted by Gasteiger charge is 2.11. The minimum Gasteiger partial charge on any atom is -0.355 e. The SMILES string of the molecule is C#CCNC(=O)c1ccccc1Nc1ccc2c(/C=N/n3cccc3)[nH]nc2c1. The summed E-state index contributed by atoms with van der Waals surface area (Å²) in [6.07, 6.45) is 10.7. The molecule has 0 aliphatic rings. The predicted molar refractivity (Wildman–Crippen MR) is 114 cm³/mol. The van der Waals surface area contributed by atoms with E-state index in [1.807, 2.05) is 60.9 Å². The van der Waals surface area contributed by atoms with Crippen LogP contribution in [0.3, 0.4) is 0 Å². The summed E-state index contributed by atoms with van der Waals surface area (Å²) in [5.41, 5.74) is 3.62. The van der Waals surface area contributed by atoms with Crippen LogP contribution >= 0.6 is 0 Å². The van der Waals surface area contributed by atoms with Gasteiger partial charge in [0, 0.05) is 23.5 Å². The smallest absolute Gasteiger partial charge is 0.254 e. The maximum atomic E-state index is 12.3. The summed E-state index contributed by atoms with van der Waals surface area (Å²) in [4.78, 5) is 12.3. The molecule has 0 bridgehead atoms. The van der Waals surface area contributed by atoms with E-state index in [-0.39, 0.29) is 12.5 Å². The molecule has 4 rings (SSSR count). The van der Waals surface area contributed by atoms with Crippen LogP contribution < -0.4 is 10.6 Å². The van der Waals surface area contributed by atoms with Crippen LogP contribution in [-0.4, -0.2) is 33.5 Å². The van der Waals surface area contributed by atoms with E-state index in [1.54, 1.807) is 17.0 Å². The van der Waals surface area contributed by atoms with Crippen LogP contribution in [0.1, 0.15) is 16.1 Å². The number of terminal acetylenes is 1. The number of carbonyl (C=O) groups is 1. The van der Waals surface area contributed by atoms with Gasteiger partial charge in [-0.1, -0.05) is 18.1 Å². The van der Waals surface area contributed by atoms with Gasteiger partial charge in [0.2, 0.25) is 0 Å². The quantitative estimate of drug-likeness (QED) is 0.353. The van der Waals surface area contributed by atoms with Crippen molar-refractivity contribution in [2.24, 2.45) is 5.10 Å². The fourth-order valence-corrected chi connectivity index (χ4v) is 2.91. The molecule has 0 saturated heterocycles. The Bertz CT molecular complexity index is 1210. The van der Waals surface area contributed by atoms with Gasteiger partial charge in [0.05, 0.1) is 35.2 Å². The number of hydrogen-bond acceptors (Lipinski definition) is 4. The summed E-state index contributed by atoms with van der Waals surface area (Å²) in [6, 6.07) is 16.9. The second-order valence-electron chi connectivity index (χ2n) is 6.23. The molecule has 0 atom stereocenters. The first kappa shape index (κ1) is 18.1. The van der Waals surface area contributed by atoms with Crippen LogP contribution in [-0.2, 0) is 0 Å². The van der Waals surface area contributed by atoms with Crippen LogP contribution in [0.4, 0.5) is 11.4 Å². The van der Waals surface area contributed by atoms with Crippen molar-refractivity contribution < 1.29 is 4.79 Å². The third-order valence-corrected chi connectivity index (χ3v) is 4.30. The van der Waals surface area contributed by atoms with E-state index in [9.17, 15) is 4.79 Å². The Labute approximate surface area is 167 Å². The molecule has 29 heavy (non-hydrogen) atoms. The number of nitrogens with zero attached hydrogens (tertiary/aromatic N) is 3. The highest BCUT2D eigenvalue weighted by Crippen LogP contribution is 2.24. The normalized spacial score (nSPS) is 10.9. The molecule has 2 aromatic heterocycles. The Morgan fingerprint density at radius 1 is 1.21 bits per heavy atom. The van der Waals surface area contributed by atoms with Crippen molar-refractivity contribution in [3.05, 3.63) is 78.2 Å². The second-order valence-corrected chi connectivity index (χ2v) is 6.23. The average Bonchev–Trinajstić information content (AvgIpc) is 3.40. The molecule has 0 spiro atoms. The highest BCUT2D eigenvalue weighted by molar-refractivity contribution is 6.01. The Morgan fingerprint density at radius 3 is 2.86 bits per heavy atom. The zero-order valence-electron chi connectivity index (χ0n) is 15.5. The highest BCUT2D eigenvalue weighted by atomic mass is 16.1. The number of H-pyrrole nitrogens is 1. The molecule has 2 heterocycles. The maximum Gasteiger partial charge on any atom is 0.254 e. The topological polar surface area (TPSA) is 87.1 Å². The molecule has 0 radical (unpaired) electrons. The molecule has 7 heteroatoms. The number of hydrogen-bond donors (Lipinski definition) is 3. The fourth-order valence-electron chi connectivity index (χ4n) is 2.91. The minimum absolute atomic E-state index is 0.180. The van der Waals surface area contributed by atoms with E-state index in [0.29, 0.717) is 11.3 Å². The van der Waals surface area contributed by atoms with Gasteiger partial charge in [-0.2, -0.15) is 10.2 Å². The van der Waals surface area contributed by atoms with Crippen LogP contribution in [0.5, 0.6) is 0 Å². The molecule has 0 saturated carbocycles. The number of aromatic amines is 1. The zero-order chi connectivity index (χ0) is 20.1. The Morgan fingerprint density at radius 2 is 2.03 bits per heavy atom. The molecule has 1 amide bonds. The number of rotatable bonds is 6. The molecule has 7 nitrogen and oxygen atoms in total. The second kappa shape index (κ2) is 8.15. The van der Waals surface area contributed by atoms with Gasteiger partial charge in [0.25, 0.3) is 5.91 Å². The summed E-state index contributed by atoms with van der Waals surface area (Å²) in [7, 11) is 0. The Balaban J connectivity index is 1.57. The third-order valence-electron chi connectivity index (χ3n) is 4.30. The van der Waals surface area contributed by atoms with Crippen molar-refractivity contribution >= 4 is 34.4 Å². The first-order chi connectivity index (χ1) is 14.2. The lowest BCUT2D eigenvalue weighted by molar-refractivity contribution is 0.0959. The van der Waals surface area contributed by atoms with E-state index in [1.165, 1.54) is 0 Å². The maximum absolute atomic E-state index is 12.3. The number of anilines is 2. The fraction of sp³-hybridized carbons (Fsp3) is 0.0455. The van der Waals surface area contributed by atoms with Gasteiger partial charge < -0.3 is 10.6 Å². The Kier molecular flexibility index (Phi) is 5.08. The lowest BCUT2D eigenvalue weighted by Gasteiger charge is -2.11. The van der Waals surface area contributed by atoms with Crippen LogP contribution in [0.15, 0.2) is 72.1 Å². The summed E-state index contributed by atoms with van der Waals surface area (Å²) in [5, 5.41) is 18.6. The molecule has 0 unspecified atom stereocenters. The first-order valence-electron chi connectivity index (χ1n) is 8.98. The van der Waals surface area contributed by atoms with Crippen LogP contribution in [0.25, 0.3) is 10.9 Å². The minimum atomic E-state index is -0.226. The monoisotopic (exact) mass is 382 g/mol. The molecule has 142 valence electrons. The van der Waals surface area contributed by atoms with Crippen LogP contribution in [0.2, 0.25) is 0 Å². The van der Waals surface area contributed by atoms with Gasteiger partial charge in [-0.3, -0.25) is 9.89 Å². The zero-order valence-corrected chi connectivity index (χ0v) is 15.5. The molecular formula is C22H18N6O. The van der Waals surface area contributed by atoms with E-state index in [4.69, 9.17) is 6.42 Å². The number of fused-ring (bicyclic) bond motifs is 1. The summed E-state index contributed by atoms with van der Waals surface area (Å²) >= 11 is 0. The Hall–Kier alpha value is -4.31. The number of amides is 1. The van der Waals surface area contributed by atoms with Crippen molar-refractivity contribution in [2.45, 2.75) is 0 Å². The molecular weight excluding hydrogens is 364 g/mol. The number of carbonyl (C=O) groups excluding carboxylic acids is 1. The van der Waals surface area contributed by atoms with E-state index >= 15 is 0 Å². The molecule has 4 aromatic rings. The van der Waals surface area contributed by atoms with E-state index < -0.39 is 0 Å². The summed E-state index contributed by atoms with van der Waals surface area (Å²) in [6.45, 7) is 0.180. The number of benzene rings is 2. The largest absolute Gasteiger partial charge is 0.355 e. The van der Waals surface area contributed by atoms with Crippen molar-refractivity contribution in [1.82, 2.24) is 20.2 Å². The molecule has 3 N–H and O–H groups in total. The van der Waals surface area contributed by atoms with E-state index in [2.05, 4.69) is 31.9 Å². The third kappa shape index (κ3) is 4.01. The summed E-state index contributed by atoms with van der Waals surface area (Å²) in [5.74, 6) is 2.18.